The Morgan fingerprint density at radius 2 is 2.29 bits per heavy atom. The second kappa shape index (κ2) is 5.65. The van der Waals surface area contributed by atoms with Crippen LogP contribution in [0.5, 0.6) is 0 Å². The van der Waals surface area contributed by atoms with Gasteiger partial charge in [-0.3, -0.25) is 4.79 Å². The monoisotopic (exact) mass is 286 g/mol. The zero-order valence-corrected chi connectivity index (χ0v) is 11.7. The van der Waals surface area contributed by atoms with Crippen molar-refractivity contribution < 1.29 is 9.90 Å². The summed E-state index contributed by atoms with van der Waals surface area (Å²) in [4.78, 5) is 15.7. The lowest BCUT2D eigenvalue weighted by atomic mass is 9.79. The molecule has 110 valence electrons. The molecule has 6 heteroatoms. The summed E-state index contributed by atoms with van der Waals surface area (Å²) in [5.41, 5.74) is 1.11. The molecular weight excluding hydrogens is 268 g/mol. The van der Waals surface area contributed by atoms with Gasteiger partial charge in [-0.1, -0.05) is 24.3 Å². The van der Waals surface area contributed by atoms with Gasteiger partial charge >= 0.3 is 0 Å². The van der Waals surface area contributed by atoms with Gasteiger partial charge in [-0.25, -0.2) is 9.67 Å². The molecule has 3 rings (SSSR count). The fourth-order valence-electron chi connectivity index (χ4n) is 2.84. The quantitative estimate of drug-likeness (QED) is 0.863. The molecule has 1 heterocycles. The van der Waals surface area contributed by atoms with Gasteiger partial charge in [0.25, 0.3) is 0 Å². The highest BCUT2D eigenvalue weighted by atomic mass is 16.3. The first-order valence-electron chi connectivity index (χ1n) is 7.07. The second-order valence-electron chi connectivity index (χ2n) is 5.41. The Bertz CT molecular complexity index is 626. The van der Waals surface area contributed by atoms with E-state index < -0.39 is 5.60 Å². The van der Waals surface area contributed by atoms with Crippen LogP contribution in [0.1, 0.15) is 24.0 Å². The van der Waals surface area contributed by atoms with Gasteiger partial charge < -0.3 is 10.4 Å². The van der Waals surface area contributed by atoms with E-state index in [0.29, 0.717) is 6.42 Å². The summed E-state index contributed by atoms with van der Waals surface area (Å²) >= 11 is 0. The zero-order valence-electron chi connectivity index (χ0n) is 11.7. The first-order valence-corrected chi connectivity index (χ1v) is 7.07. The van der Waals surface area contributed by atoms with E-state index in [1.807, 2.05) is 24.3 Å². The van der Waals surface area contributed by atoms with Crippen LogP contribution in [0.15, 0.2) is 36.9 Å². The van der Waals surface area contributed by atoms with Crippen molar-refractivity contribution in [2.24, 2.45) is 0 Å². The van der Waals surface area contributed by atoms with Gasteiger partial charge in [-0.05, 0) is 30.4 Å². The topological polar surface area (TPSA) is 80.0 Å². The van der Waals surface area contributed by atoms with Crippen LogP contribution >= 0.6 is 0 Å². The fourth-order valence-corrected chi connectivity index (χ4v) is 2.84. The van der Waals surface area contributed by atoms with E-state index in [0.717, 1.165) is 24.0 Å². The molecule has 0 bridgehead atoms. The number of carbonyl (C=O) groups excluding carboxylic acids is 1. The predicted octanol–water partition coefficient (Wildman–Crippen LogP) is 0.618. The van der Waals surface area contributed by atoms with Crippen molar-refractivity contribution in [2.45, 2.75) is 31.4 Å². The minimum absolute atomic E-state index is 0.109. The van der Waals surface area contributed by atoms with Crippen LogP contribution in [0.25, 0.3) is 0 Å². The lowest BCUT2D eigenvalue weighted by Gasteiger charge is -2.34. The standard InChI is InChI=1S/C15H18N4O2/c20-14(8-19-11-16-10-18-19)17-9-15(21)7-3-5-12-4-1-2-6-13(12)15/h1-2,4,6,10-11,21H,3,5,7-9H2,(H,17,20)/t15-/m1/s1. The molecule has 0 spiro atoms. The van der Waals surface area contributed by atoms with Crippen molar-refractivity contribution in [2.75, 3.05) is 6.54 Å². The molecule has 1 aromatic carbocycles. The Morgan fingerprint density at radius 1 is 1.43 bits per heavy atom. The molecule has 2 aromatic rings. The number of rotatable bonds is 4. The molecule has 1 aromatic heterocycles. The number of fused-ring (bicyclic) bond motifs is 1. The van der Waals surface area contributed by atoms with Gasteiger partial charge in [0.1, 0.15) is 24.8 Å². The number of aliphatic hydroxyl groups is 1. The second-order valence-corrected chi connectivity index (χ2v) is 5.41. The highest BCUT2D eigenvalue weighted by molar-refractivity contribution is 5.75. The van der Waals surface area contributed by atoms with Crippen LogP contribution in [0.3, 0.4) is 0 Å². The first kappa shape index (κ1) is 13.8. The van der Waals surface area contributed by atoms with Crippen LogP contribution < -0.4 is 5.32 Å². The normalized spacial score (nSPS) is 20.8. The van der Waals surface area contributed by atoms with Crippen molar-refractivity contribution in [1.29, 1.82) is 0 Å². The Hall–Kier alpha value is -2.21. The van der Waals surface area contributed by atoms with Gasteiger partial charge in [-0.2, -0.15) is 5.10 Å². The van der Waals surface area contributed by atoms with Crippen molar-refractivity contribution in [3.05, 3.63) is 48.0 Å². The molecule has 0 fully saturated rings. The van der Waals surface area contributed by atoms with E-state index >= 15 is 0 Å². The van der Waals surface area contributed by atoms with Crippen LogP contribution in [-0.4, -0.2) is 32.3 Å². The maximum atomic E-state index is 11.9. The molecule has 0 saturated carbocycles. The third-order valence-corrected chi connectivity index (χ3v) is 3.91. The number of carbonyl (C=O) groups is 1. The summed E-state index contributed by atoms with van der Waals surface area (Å²) in [5.74, 6) is -0.183. The molecule has 0 radical (unpaired) electrons. The summed E-state index contributed by atoms with van der Waals surface area (Å²) in [5, 5.41) is 17.5. The maximum Gasteiger partial charge on any atom is 0.241 e. The summed E-state index contributed by atoms with van der Waals surface area (Å²) in [6.45, 7) is 0.329. The number of benzene rings is 1. The maximum absolute atomic E-state index is 11.9. The van der Waals surface area contributed by atoms with Gasteiger partial charge in [0, 0.05) is 0 Å². The van der Waals surface area contributed by atoms with E-state index in [9.17, 15) is 9.90 Å². The van der Waals surface area contributed by atoms with E-state index in [2.05, 4.69) is 15.4 Å². The highest BCUT2D eigenvalue weighted by Gasteiger charge is 2.34. The van der Waals surface area contributed by atoms with Gasteiger partial charge in [0.05, 0.1) is 6.54 Å². The third kappa shape index (κ3) is 2.95. The number of aryl methyl sites for hydroxylation is 1. The molecule has 0 saturated heterocycles. The Labute approximate surface area is 122 Å². The number of hydrogen-bond donors (Lipinski definition) is 2. The molecule has 2 N–H and O–H groups in total. The largest absolute Gasteiger partial charge is 0.383 e. The van der Waals surface area contributed by atoms with Gasteiger partial charge in [-0.15, -0.1) is 0 Å². The lowest BCUT2D eigenvalue weighted by molar-refractivity contribution is -0.123. The molecule has 0 unspecified atom stereocenters. The van der Waals surface area contributed by atoms with Crippen molar-refractivity contribution in [3.63, 3.8) is 0 Å². The van der Waals surface area contributed by atoms with E-state index in [1.165, 1.54) is 17.3 Å². The Balaban J connectivity index is 1.66. The summed E-state index contributed by atoms with van der Waals surface area (Å²) in [6, 6.07) is 7.88. The highest BCUT2D eigenvalue weighted by Crippen LogP contribution is 2.34. The smallest absolute Gasteiger partial charge is 0.241 e. The average molecular weight is 286 g/mol. The summed E-state index contributed by atoms with van der Waals surface area (Å²) < 4.78 is 1.45. The summed E-state index contributed by atoms with van der Waals surface area (Å²) in [6.07, 6.45) is 5.44. The average Bonchev–Trinajstić information content (AvgIpc) is 2.99. The number of nitrogens with zero attached hydrogens (tertiary/aromatic N) is 3. The van der Waals surface area contributed by atoms with E-state index in [-0.39, 0.29) is 19.0 Å². The van der Waals surface area contributed by atoms with Crippen molar-refractivity contribution in [1.82, 2.24) is 20.1 Å². The number of nitrogens with one attached hydrogen (secondary N) is 1. The lowest BCUT2D eigenvalue weighted by Crippen LogP contribution is -2.43. The Kier molecular flexibility index (Phi) is 3.70. The number of amides is 1. The minimum Gasteiger partial charge on any atom is -0.383 e. The molecule has 1 aliphatic rings. The molecule has 21 heavy (non-hydrogen) atoms. The Morgan fingerprint density at radius 3 is 3.10 bits per heavy atom. The number of aromatic nitrogens is 3. The third-order valence-electron chi connectivity index (χ3n) is 3.91. The molecule has 0 aliphatic heterocycles. The zero-order chi connectivity index (χ0) is 14.7. The SMILES string of the molecule is O=C(Cn1cncn1)NC[C@]1(O)CCCc2ccccc21. The van der Waals surface area contributed by atoms with Crippen molar-refractivity contribution in [3.8, 4) is 0 Å². The molecule has 1 atom stereocenters. The van der Waals surface area contributed by atoms with Gasteiger partial charge in [0.2, 0.25) is 5.91 Å². The minimum atomic E-state index is -0.979. The fraction of sp³-hybridized carbons (Fsp3) is 0.400. The molecule has 1 aliphatic carbocycles. The van der Waals surface area contributed by atoms with Crippen molar-refractivity contribution >= 4 is 5.91 Å². The van der Waals surface area contributed by atoms with Gasteiger partial charge in [0.15, 0.2) is 0 Å². The molecule has 1 amide bonds. The van der Waals surface area contributed by atoms with E-state index in [1.54, 1.807) is 0 Å². The summed E-state index contributed by atoms with van der Waals surface area (Å²) in [7, 11) is 0. The predicted molar refractivity (Wildman–Crippen MR) is 76.3 cm³/mol. The number of hydrogen-bond acceptors (Lipinski definition) is 4. The molecule has 6 nitrogen and oxygen atoms in total. The van der Waals surface area contributed by atoms with Crippen LogP contribution in [0, 0.1) is 0 Å². The molecular formula is C15H18N4O2. The van der Waals surface area contributed by atoms with Crippen LogP contribution in [0.2, 0.25) is 0 Å². The van der Waals surface area contributed by atoms with Crippen LogP contribution in [0.4, 0.5) is 0 Å². The first-order chi connectivity index (χ1) is 10.2. The van der Waals surface area contributed by atoms with E-state index in [4.69, 9.17) is 0 Å². The van der Waals surface area contributed by atoms with Crippen LogP contribution in [-0.2, 0) is 23.4 Å².